The molecule has 0 atom stereocenters. The van der Waals surface area contributed by atoms with Gasteiger partial charge in [0.05, 0.1) is 11.6 Å². The van der Waals surface area contributed by atoms with Crippen LogP contribution in [0.3, 0.4) is 0 Å². The van der Waals surface area contributed by atoms with Crippen LogP contribution in [0, 0.1) is 13.8 Å². The van der Waals surface area contributed by atoms with Gasteiger partial charge in [-0.25, -0.2) is 8.42 Å². The zero-order valence-corrected chi connectivity index (χ0v) is 18.1. The van der Waals surface area contributed by atoms with Crippen LogP contribution in [0.4, 0.5) is 11.4 Å². The standard InChI is InChI=1S/C20H26ClN3O3S/c1-5-24(6-2)28(26,27)19-12-16(9-10-18(19)21)22-13-20(25)23-17-8-7-14(3)15(4)11-17/h7-12,22H,5-6,13H2,1-4H3,(H,23,25). The number of hydrogen-bond donors (Lipinski definition) is 2. The number of carbonyl (C=O) groups is 1. The third-order valence-electron chi connectivity index (χ3n) is 4.50. The molecule has 0 aromatic heterocycles. The molecule has 1 amide bonds. The highest BCUT2D eigenvalue weighted by Gasteiger charge is 2.24. The van der Waals surface area contributed by atoms with Crippen molar-refractivity contribution in [2.45, 2.75) is 32.6 Å². The van der Waals surface area contributed by atoms with Crippen molar-refractivity contribution in [3.63, 3.8) is 0 Å². The van der Waals surface area contributed by atoms with E-state index in [1.54, 1.807) is 19.9 Å². The molecular formula is C20H26ClN3O3S. The summed E-state index contributed by atoms with van der Waals surface area (Å²) in [6, 6.07) is 10.3. The van der Waals surface area contributed by atoms with Gasteiger partial charge in [0.15, 0.2) is 0 Å². The van der Waals surface area contributed by atoms with Gasteiger partial charge in [-0.05, 0) is 55.3 Å². The van der Waals surface area contributed by atoms with E-state index in [4.69, 9.17) is 11.6 Å². The van der Waals surface area contributed by atoms with Crippen LogP contribution in [0.2, 0.25) is 5.02 Å². The summed E-state index contributed by atoms with van der Waals surface area (Å²) in [5, 5.41) is 5.92. The highest BCUT2D eigenvalue weighted by Crippen LogP contribution is 2.27. The van der Waals surface area contributed by atoms with Gasteiger partial charge >= 0.3 is 0 Å². The number of nitrogens with zero attached hydrogens (tertiary/aromatic N) is 1. The molecule has 0 aliphatic rings. The minimum absolute atomic E-state index is 0.000681. The Labute approximate surface area is 171 Å². The third-order valence-corrected chi connectivity index (χ3v) is 7.03. The van der Waals surface area contributed by atoms with Crippen LogP contribution < -0.4 is 10.6 Å². The van der Waals surface area contributed by atoms with Crippen LogP contribution in [0.5, 0.6) is 0 Å². The Hall–Kier alpha value is -2.09. The van der Waals surface area contributed by atoms with Gasteiger partial charge in [-0.1, -0.05) is 31.5 Å². The van der Waals surface area contributed by atoms with Gasteiger partial charge in [-0.15, -0.1) is 0 Å². The maximum atomic E-state index is 12.7. The zero-order chi connectivity index (χ0) is 20.9. The number of aryl methyl sites for hydroxylation is 2. The van der Waals surface area contributed by atoms with Gasteiger partial charge < -0.3 is 10.6 Å². The number of sulfonamides is 1. The Balaban J connectivity index is 2.10. The van der Waals surface area contributed by atoms with Gasteiger partial charge in [-0.3, -0.25) is 4.79 Å². The van der Waals surface area contributed by atoms with Crippen molar-refractivity contribution in [2.24, 2.45) is 0 Å². The average Bonchev–Trinajstić information content (AvgIpc) is 2.64. The fourth-order valence-electron chi connectivity index (χ4n) is 2.72. The van der Waals surface area contributed by atoms with Gasteiger partial charge in [0.25, 0.3) is 0 Å². The lowest BCUT2D eigenvalue weighted by Gasteiger charge is -2.20. The molecular weight excluding hydrogens is 398 g/mol. The molecule has 0 radical (unpaired) electrons. The maximum Gasteiger partial charge on any atom is 0.244 e. The number of hydrogen-bond acceptors (Lipinski definition) is 4. The quantitative estimate of drug-likeness (QED) is 0.671. The van der Waals surface area contributed by atoms with Gasteiger partial charge in [0, 0.05) is 24.5 Å². The Morgan fingerprint density at radius 3 is 2.25 bits per heavy atom. The van der Waals surface area contributed by atoms with Crippen LogP contribution in [0.1, 0.15) is 25.0 Å². The second-order valence-electron chi connectivity index (χ2n) is 6.44. The van der Waals surface area contributed by atoms with Gasteiger partial charge in [0.1, 0.15) is 4.90 Å². The average molecular weight is 424 g/mol. The van der Waals surface area contributed by atoms with Crippen LogP contribution in [-0.2, 0) is 14.8 Å². The van der Waals surface area contributed by atoms with E-state index in [2.05, 4.69) is 10.6 Å². The van der Waals surface area contributed by atoms with E-state index in [0.717, 1.165) is 16.8 Å². The number of carbonyl (C=O) groups excluding carboxylic acids is 1. The van der Waals surface area contributed by atoms with Crippen LogP contribution in [0.15, 0.2) is 41.3 Å². The van der Waals surface area contributed by atoms with Crippen molar-refractivity contribution in [2.75, 3.05) is 30.3 Å². The molecule has 6 nitrogen and oxygen atoms in total. The Morgan fingerprint density at radius 1 is 1.00 bits per heavy atom. The van der Waals surface area contributed by atoms with Crippen molar-refractivity contribution >= 4 is 38.9 Å². The molecule has 0 saturated heterocycles. The Morgan fingerprint density at radius 2 is 1.64 bits per heavy atom. The molecule has 152 valence electrons. The van der Waals surface area contributed by atoms with E-state index in [-0.39, 0.29) is 22.4 Å². The predicted molar refractivity (Wildman–Crippen MR) is 115 cm³/mol. The second kappa shape index (κ2) is 9.41. The summed E-state index contributed by atoms with van der Waals surface area (Å²) in [6.45, 7) is 8.24. The molecule has 0 aliphatic heterocycles. The van der Waals surface area contributed by atoms with Crippen LogP contribution >= 0.6 is 11.6 Å². The van der Waals surface area contributed by atoms with E-state index < -0.39 is 10.0 Å². The number of rotatable bonds is 8. The first-order valence-corrected chi connectivity index (χ1v) is 10.9. The maximum absolute atomic E-state index is 12.7. The molecule has 0 bridgehead atoms. The SMILES string of the molecule is CCN(CC)S(=O)(=O)c1cc(NCC(=O)Nc2ccc(C)c(C)c2)ccc1Cl. The summed E-state index contributed by atoms with van der Waals surface area (Å²) in [5.74, 6) is -0.230. The first kappa shape index (κ1) is 22.2. The lowest BCUT2D eigenvalue weighted by molar-refractivity contribution is -0.114. The van der Waals surface area contributed by atoms with E-state index >= 15 is 0 Å². The van der Waals surface area contributed by atoms with Crippen LogP contribution in [0.25, 0.3) is 0 Å². The number of halogens is 1. The minimum Gasteiger partial charge on any atom is -0.376 e. The third kappa shape index (κ3) is 5.25. The van der Waals surface area contributed by atoms with Crippen molar-refractivity contribution < 1.29 is 13.2 Å². The van der Waals surface area contributed by atoms with Crippen molar-refractivity contribution in [1.29, 1.82) is 0 Å². The molecule has 28 heavy (non-hydrogen) atoms. The topological polar surface area (TPSA) is 78.5 Å². The summed E-state index contributed by atoms with van der Waals surface area (Å²) >= 11 is 6.12. The largest absolute Gasteiger partial charge is 0.376 e. The van der Waals surface area contributed by atoms with Gasteiger partial charge in [-0.2, -0.15) is 4.31 Å². The Bertz CT molecular complexity index is 957. The summed E-state index contributed by atoms with van der Waals surface area (Å²) in [5.41, 5.74) is 3.47. The molecule has 2 aromatic carbocycles. The first-order chi connectivity index (χ1) is 13.2. The molecule has 2 rings (SSSR count). The zero-order valence-electron chi connectivity index (χ0n) is 16.5. The molecule has 0 fully saturated rings. The van der Waals surface area contributed by atoms with E-state index in [9.17, 15) is 13.2 Å². The van der Waals surface area contributed by atoms with Crippen molar-refractivity contribution in [3.05, 3.63) is 52.5 Å². The number of benzene rings is 2. The highest BCUT2D eigenvalue weighted by molar-refractivity contribution is 7.89. The van der Waals surface area contributed by atoms with E-state index in [1.807, 2.05) is 32.0 Å². The fourth-order valence-corrected chi connectivity index (χ4v) is 4.68. The summed E-state index contributed by atoms with van der Waals surface area (Å²) in [7, 11) is -3.69. The molecule has 0 unspecified atom stereocenters. The number of anilines is 2. The lowest BCUT2D eigenvalue weighted by Crippen LogP contribution is -2.31. The predicted octanol–water partition coefficient (Wildman–Crippen LogP) is 4.04. The van der Waals surface area contributed by atoms with E-state index in [1.165, 1.54) is 16.4 Å². The summed E-state index contributed by atoms with van der Waals surface area (Å²) in [4.78, 5) is 12.2. The van der Waals surface area contributed by atoms with E-state index in [0.29, 0.717) is 18.8 Å². The fraction of sp³-hybridized carbons (Fsp3) is 0.350. The van der Waals surface area contributed by atoms with Crippen LogP contribution in [-0.4, -0.2) is 38.3 Å². The molecule has 8 heteroatoms. The highest BCUT2D eigenvalue weighted by atomic mass is 35.5. The van der Waals surface area contributed by atoms with Crippen molar-refractivity contribution in [3.8, 4) is 0 Å². The molecule has 0 heterocycles. The lowest BCUT2D eigenvalue weighted by atomic mass is 10.1. The normalized spacial score (nSPS) is 11.5. The minimum atomic E-state index is -3.69. The molecule has 2 aromatic rings. The summed E-state index contributed by atoms with van der Waals surface area (Å²) < 4.78 is 26.8. The summed E-state index contributed by atoms with van der Waals surface area (Å²) in [6.07, 6.45) is 0. The Kier molecular flexibility index (Phi) is 7.46. The monoisotopic (exact) mass is 423 g/mol. The molecule has 0 aliphatic carbocycles. The van der Waals surface area contributed by atoms with Crippen molar-refractivity contribution in [1.82, 2.24) is 4.31 Å². The first-order valence-electron chi connectivity index (χ1n) is 9.09. The number of nitrogens with one attached hydrogen (secondary N) is 2. The number of amides is 1. The smallest absolute Gasteiger partial charge is 0.244 e. The molecule has 2 N–H and O–H groups in total. The molecule has 0 saturated carbocycles. The second-order valence-corrected chi connectivity index (χ2v) is 8.75. The van der Waals surface area contributed by atoms with Gasteiger partial charge in [0.2, 0.25) is 15.9 Å². The molecule has 0 spiro atoms.